The summed E-state index contributed by atoms with van der Waals surface area (Å²) in [5.41, 5.74) is 3.32. The molecule has 2 heterocycles. The molecule has 126 valence electrons. The lowest BCUT2D eigenvalue weighted by Gasteiger charge is -2.49. The Bertz CT molecular complexity index is 598. The molecule has 0 bridgehead atoms. The topological polar surface area (TPSA) is 21.7 Å². The monoisotopic (exact) mass is 315 g/mol. The second-order valence-corrected chi connectivity index (χ2v) is 7.72. The minimum Gasteiger partial charge on any atom is -0.493 e. The maximum atomic E-state index is 6.01. The van der Waals surface area contributed by atoms with Gasteiger partial charge in [0.25, 0.3) is 0 Å². The van der Waals surface area contributed by atoms with Crippen LogP contribution in [-0.2, 0) is 12.0 Å². The van der Waals surface area contributed by atoms with Crippen molar-refractivity contribution in [3.63, 3.8) is 0 Å². The van der Waals surface area contributed by atoms with Gasteiger partial charge in [0.05, 0.1) is 13.2 Å². The van der Waals surface area contributed by atoms with Crippen LogP contribution >= 0.6 is 0 Å². The molecule has 1 aromatic carbocycles. The van der Waals surface area contributed by atoms with E-state index in [2.05, 4.69) is 30.9 Å². The molecule has 23 heavy (non-hydrogen) atoms. The van der Waals surface area contributed by atoms with Gasteiger partial charge in [-0.15, -0.1) is 0 Å². The SMILES string of the molecule is COc1cc2c(cc1OC(C)C)CCN1CC[C@@H]3CCCC[C@@]231. The fourth-order valence-electron chi connectivity index (χ4n) is 5.35. The molecule has 1 saturated carbocycles. The normalized spacial score (nSPS) is 29.8. The molecule has 1 aliphatic carbocycles. The Kier molecular flexibility index (Phi) is 3.79. The summed E-state index contributed by atoms with van der Waals surface area (Å²) >= 11 is 0. The van der Waals surface area contributed by atoms with E-state index in [1.54, 1.807) is 12.7 Å². The Morgan fingerprint density at radius 1 is 1.13 bits per heavy atom. The largest absolute Gasteiger partial charge is 0.493 e. The van der Waals surface area contributed by atoms with Gasteiger partial charge in [-0.1, -0.05) is 12.8 Å². The zero-order valence-electron chi connectivity index (χ0n) is 14.7. The highest BCUT2D eigenvalue weighted by Crippen LogP contribution is 2.55. The lowest BCUT2D eigenvalue weighted by atomic mass is 9.66. The van der Waals surface area contributed by atoms with Crippen LogP contribution in [0.2, 0.25) is 0 Å². The maximum absolute atomic E-state index is 6.01. The predicted molar refractivity (Wildman–Crippen MR) is 92.3 cm³/mol. The molecule has 2 atom stereocenters. The van der Waals surface area contributed by atoms with E-state index >= 15 is 0 Å². The highest BCUT2D eigenvalue weighted by atomic mass is 16.5. The minimum absolute atomic E-state index is 0.175. The standard InChI is InChI=1S/C20H29NO2/c1-14(2)23-19-12-15-7-10-21-11-8-16-6-4-5-9-20(16,21)17(15)13-18(19)22-3/h12-14,16H,4-11H2,1-3H3/t16-,20-/m0/s1. The van der Waals surface area contributed by atoms with E-state index in [1.165, 1.54) is 50.8 Å². The van der Waals surface area contributed by atoms with Crippen molar-refractivity contribution in [3.05, 3.63) is 23.3 Å². The lowest BCUT2D eigenvalue weighted by Crippen LogP contribution is -2.50. The van der Waals surface area contributed by atoms with Crippen LogP contribution in [-0.4, -0.2) is 31.2 Å². The first-order valence-corrected chi connectivity index (χ1v) is 9.28. The van der Waals surface area contributed by atoms with Gasteiger partial charge in [0.1, 0.15) is 0 Å². The van der Waals surface area contributed by atoms with Crippen molar-refractivity contribution >= 4 is 0 Å². The summed E-state index contributed by atoms with van der Waals surface area (Å²) in [6, 6.07) is 4.58. The summed E-state index contributed by atoms with van der Waals surface area (Å²) in [6.45, 7) is 6.63. The van der Waals surface area contributed by atoms with Crippen molar-refractivity contribution in [2.75, 3.05) is 20.2 Å². The molecule has 1 saturated heterocycles. The second kappa shape index (κ2) is 5.70. The molecule has 0 unspecified atom stereocenters. The van der Waals surface area contributed by atoms with Crippen LogP contribution in [0.1, 0.15) is 57.1 Å². The molecule has 4 rings (SSSR count). The van der Waals surface area contributed by atoms with E-state index < -0.39 is 0 Å². The Morgan fingerprint density at radius 3 is 2.78 bits per heavy atom. The van der Waals surface area contributed by atoms with Crippen molar-refractivity contribution in [3.8, 4) is 11.5 Å². The van der Waals surface area contributed by atoms with E-state index in [0.29, 0.717) is 0 Å². The molecular weight excluding hydrogens is 286 g/mol. The van der Waals surface area contributed by atoms with E-state index in [4.69, 9.17) is 9.47 Å². The first kappa shape index (κ1) is 15.3. The number of hydrogen-bond donors (Lipinski definition) is 0. The third-order valence-electron chi connectivity index (χ3n) is 6.22. The van der Waals surface area contributed by atoms with Crippen molar-refractivity contribution in [2.45, 2.75) is 64.0 Å². The van der Waals surface area contributed by atoms with Crippen LogP contribution in [0, 0.1) is 5.92 Å². The zero-order valence-corrected chi connectivity index (χ0v) is 14.7. The molecule has 2 aliphatic heterocycles. The molecule has 1 spiro atoms. The number of benzene rings is 1. The Morgan fingerprint density at radius 2 is 2.00 bits per heavy atom. The molecular formula is C20H29NO2. The minimum atomic E-state index is 0.175. The summed E-state index contributed by atoms with van der Waals surface area (Å²) in [6.07, 6.45) is 8.16. The number of fused-ring (bicyclic) bond motifs is 1. The van der Waals surface area contributed by atoms with E-state index in [1.807, 2.05) is 0 Å². The van der Waals surface area contributed by atoms with Gasteiger partial charge < -0.3 is 9.47 Å². The first-order chi connectivity index (χ1) is 11.1. The fourth-order valence-corrected chi connectivity index (χ4v) is 5.35. The van der Waals surface area contributed by atoms with Crippen LogP contribution in [0.15, 0.2) is 12.1 Å². The predicted octanol–water partition coefficient (Wildman–Crippen LogP) is 4.13. The summed E-state index contributed by atoms with van der Waals surface area (Å²) in [5.74, 6) is 2.65. The van der Waals surface area contributed by atoms with Crippen LogP contribution in [0.4, 0.5) is 0 Å². The second-order valence-electron chi connectivity index (χ2n) is 7.72. The molecule has 3 aliphatic rings. The Hall–Kier alpha value is -1.22. The van der Waals surface area contributed by atoms with Crippen LogP contribution in [0.5, 0.6) is 11.5 Å². The van der Waals surface area contributed by atoms with Gasteiger partial charge in [0.2, 0.25) is 0 Å². The third-order valence-corrected chi connectivity index (χ3v) is 6.22. The number of ether oxygens (including phenoxy) is 2. The van der Waals surface area contributed by atoms with E-state index in [9.17, 15) is 0 Å². The maximum Gasteiger partial charge on any atom is 0.161 e. The van der Waals surface area contributed by atoms with Crippen molar-refractivity contribution in [1.82, 2.24) is 4.90 Å². The summed E-state index contributed by atoms with van der Waals surface area (Å²) in [7, 11) is 1.76. The molecule has 2 fully saturated rings. The first-order valence-electron chi connectivity index (χ1n) is 9.28. The highest BCUT2D eigenvalue weighted by Gasteiger charge is 2.53. The quantitative estimate of drug-likeness (QED) is 0.837. The number of rotatable bonds is 3. The fraction of sp³-hybridized carbons (Fsp3) is 0.700. The Balaban J connectivity index is 1.82. The lowest BCUT2D eigenvalue weighted by molar-refractivity contribution is 0.0499. The highest BCUT2D eigenvalue weighted by molar-refractivity contribution is 5.52. The van der Waals surface area contributed by atoms with Gasteiger partial charge >= 0.3 is 0 Å². The van der Waals surface area contributed by atoms with E-state index in [0.717, 1.165) is 23.8 Å². The summed E-state index contributed by atoms with van der Waals surface area (Å²) < 4.78 is 11.7. The molecule has 0 aromatic heterocycles. The van der Waals surface area contributed by atoms with Crippen LogP contribution < -0.4 is 9.47 Å². The molecule has 3 heteroatoms. The van der Waals surface area contributed by atoms with Gasteiger partial charge in [0, 0.05) is 12.1 Å². The summed E-state index contributed by atoms with van der Waals surface area (Å²) in [4.78, 5) is 2.78. The average molecular weight is 315 g/mol. The smallest absolute Gasteiger partial charge is 0.161 e. The number of nitrogens with zero attached hydrogens (tertiary/aromatic N) is 1. The van der Waals surface area contributed by atoms with Crippen LogP contribution in [0.3, 0.4) is 0 Å². The van der Waals surface area contributed by atoms with Crippen molar-refractivity contribution in [2.24, 2.45) is 5.92 Å². The van der Waals surface area contributed by atoms with Gasteiger partial charge in [-0.25, -0.2) is 0 Å². The van der Waals surface area contributed by atoms with Crippen molar-refractivity contribution < 1.29 is 9.47 Å². The van der Waals surface area contributed by atoms with Gasteiger partial charge in [-0.3, -0.25) is 4.90 Å². The number of hydrogen-bond acceptors (Lipinski definition) is 3. The third kappa shape index (κ3) is 2.27. The summed E-state index contributed by atoms with van der Waals surface area (Å²) in [5, 5.41) is 0. The molecule has 1 aromatic rings. The van der Waals surface area contributed by atoms with Gasteiger partial charge in [-0.05, 0) is 75.3 Å². The molecule has 0 radical (unpaired) electrons. The van der Waals surface area contributed by atoms with Gasteiger partial charge in [0.15, 0.2) is 11.5 Å². The Labute approximate surface area is 140 Å². The van der Waals surface area contributed by atoms with Crippen LogP contribution in [0.25, 0.3) is 0 Å². The molecule has 3 nitrogen and oxygen atoms in total. The molecule has 0 amide bonds. The number of methoxy groups -OCH3 is 1. The van der Waals surface area contributed by atoms with E-state index in [-0.39, 0.29) is 11.6 Å². The van der Waals surface area contributed by atoms with Gasteiger partial charge in [-0.2, -0.15) is 0 Å². The zero-order chi connectivity index (χ0) is 16.0. The molecule has 0 N–H and O–H groups in total. The average Bonchev–Trinajstić information content (AvgIpc) is 2.93. The van der Waals surface area contributed by atoms with Crippen molar-refractivity contribution in [1.29, 1.82) is 0 Å².